The Hall–Kier alpha value is -0.570. The van der Waals surface area contributed by atoms with Gasteiger partial charge < -0.3 is 10.6 Å². The molecule has 1 amide bonds. The minimum Gasteiger partial charge on any atom is -0.341 e. The minimum absolute atomic E-state index is 0.144. The number of carbonyl (C=O) groups excluding carboxylic acids is 1. The predicted octanol–water partition coefficient (Wildman–Crippen LogP) is 2.69. The summed E-state index contributed by atoms with van der Waals surface area (Å²) in [6.07, 6.45) is 10.4. The normalized spacial score (nSPS) is 19.7. The van der Waals surface area contributed by atoms with Crippen LogP contribution < -0.4 is 5.73 Å². The Labute approximate surface area is 106 Å². The van der Waals surface area contributed by atoms with Gasteiger partial charge in [-0.05, 0) is 19.3 Å². The van der Waals surface area contributed by atoms with E-state index in [2.05, 4.69) is 6.92 Å². The van der Waals surface area contributed by atoms with Gasteiger partial charge in [0.2, 0.25) is 5.91 Å². The molecule has 17 heavy (non-hydrogen) atoms. The van der Waals surface area contributed by atoms with Gasteiger partial charge in [0.15, 0.2) is 0 Å². The zero-order valence-corrected chi connectivity index (χ0v) is 11.5. The molecule has 0 bridgehead atoms. The molecule has 0 aromatic rings. The van der Waals surface area contributed by atoms with E-state index in [1.807, 2.05) is 11.9 Å². The van der Waals surface area contributed by atoms with Gasteiger partial charge in [-0.15, -0.1) is 0 Å². The third kappa shape index (κ3) is 4.66. The number of nitrogens with two attached hydrogens (primary N) is 1. The molecular formula is C14H28N2O. The second-order valence-electron chi connectivity index (χ2n) is 5.34. The van der Waals surface area contributed by atoms with Gasteiger partial charge in [0.05, 0.1) is 6.04 Å². The maximum absolute atomic E-state index is 12.2. The van der Waals surface area contributed by atoms with Crippen molar-refractivity contribution in [2.75, 3.05) is 7.05 Å². The van der Waals surface area contributed by atoms with Gasteiger partial charge >= 0.3 is 0 Å². The summed E-state index contributed by atoms with van der Waals surface area (Å²) in [5, 5.41) is 0. The van der Waals surface area contributed by atoms with Crippen molar-refractivity contribution >= 4 is 5.91 Å². The van der Waals surface area contributed by atoms with E-state index < -0.39 is 0 Å². The molecule has 0 aliphatic heterocycles. The molecule has 1 saturated carbocycles. The molecular weight excluding hydrogens is 212 g/mol. The number of hydrogen-bond acceptors (Lipinski definition) is 2. The van der Waals surface area contributed by atoms with E-state index in [0.29, 0.717) is 6.04 Å². The maximum Gasteiger partial charge on any atom is 0.239 e. The Kier molecular flexibility index (Phi) is 6.56. The Morgan fingerprint density at radius 3 is 2.41 bits per heavy atom. The van der Waals surface area contributed by atoms with Gasteiger partial charge in [-0.2, -0.15) is 0 Å². The van der Waals surface area contributed by atoms with Crippen molar-refractivity contribution in [1.82, 2.24) is 4.90 Å². The van der Waals surface area contributed by atoms with Crippen LogP contribution in [0.5, 0.6) is 0 Å². The van der Waals surface area contributed by atoms with Crippen LogP contribution in [-0.2, 0) is 4.79 Å². The molecule has 3 nitrogen and oxygen atoms in total. The lowest BCUT2D eigenvalue weighted by molar-refractivity contribution is -0.133. The number of hydrogen-bond donors (Lipinski definition) is 1. The largest absolute Gasteiger partial charge is 0.341 e. The monoisotopic (exact) mass is 240 g/mol. The average Bonchev–Trinajstić information content (AvgIpc) is 2.62. The average molecular weight is 240 g/mol. The summed E-state index contributed by atoms with van der Waals surface area (Å²) in [5.41, 5.74) is 5.96. The molecule has 0 heterocycles. The topological polar surface area (TPSA) is 46.3 Å². The molecule has 1 aliphatic carbocycles. The number of likely N-dealkylation sites (N-methyl/N-ethyl adjacent to an activating group) is 1. The second kappa shape index (κ2) is 7.70. The van der Waals surface area contributed by atoms with Gasteiger partial charge in [-0.25, -0.2) is 0 Å². The highest BCUT2D eigenvalue weighted by atomic mass is 16.2. The molecule has 1 atom stereocenters. The minimum atomic E-state index is -0.289. The third-order valence-corrected chi connectivity index (χ3v) is 3.91. The van der Waals surface area contributed by atoms with Crippen LogP contribution in [0.3, 0.4) is 0 Å². The molecule has 2 N–H and O–H groups in total. The van der Waals surface area contributed by atoms with Crippen LogP contribution in [0.25, 0.3) is 0 Å². The van der Waals surface area contributed by atoms with Crippen molar-refractivity contribution < 1.29 is 4.79 Å². The molecule has 0 radical (unpaired) electrons. The maximum atomic E-state index is 12.2. The number of carbonyl (C=O) groups is 1. The Morgan fingerprint density at radius 2 is 1.88 bits per heavy atom. The SMILES string of the molecule is CCCCC(N)C(=O)N(C)C1CCCCCC1. The van der Waals surface area contributed by atoms with E-state index in [1.165, 1.54) is 25.7 Å². The molecule has 0 saturated heterocycles. The lowest BCUT2D eigenvalue weighted by Crippen LogP contribution is -2.46. The quantitative estimate of drug-likeness (QED) is 0.751. The second-order valence-corrected chi connectivity index (χ2v) is 5.34. The Morgan fingerprint density at radius 1 is 1.29 bits per heavy atom. The zero-order chi connectivity index (χ0) is 12.7. The van der Waals surface area contributed by atoms with Crippen molar-refractivity contribution in [3.63, 3.8) is 0 Å². The molecule has 1 aliphatic rings. The molecule has 0 spiro atoms. The van der Waals surface area contributed by atoms with Gasteiger partial charge in [0.1, 0.15) is 0 Å². The summed E-state index contributed by atoms with van der Waals surface area (Å²) in [7, 11) is 1.93. The molecule has 3 heteroatoms. The fourth-order valence-electron chi connectivity index (χ4n) is 2.63. The highest BCUT2D eigenvalue weighted by Crippen LogP contribution is 2.21. The van der Waals surface area contributed by atoms with Gasteiger partial charge in [-0.1, -0.05) is 45.4 Å². The fourth-order valence-corrected chi connectivity index (χ4v) is 2.63. The van der Waals surface area contributed by atoms with E-state index in [4.69, 9.17) is 5.73 Å². The third-order valence-electron chi connectivity index (χ3n) is 3.91. The van der Waals surface area contributed by atoms with Crippen LogP contribution >= 0.6 is 0 Å². The first kappa shape index (κ1) is 14.5. The van der Waals surface area contributed by atoms with Crippen molar-refractivity contribution in [2.45, 2.75) is 76.8 Å². The summed E-state index contributed by atoms with van der Waals surface area (Å²) in [6, 6.07) is 0.140. The first-order valence-corrected chi connectivity index (χ1v) is 7.19. The molecule has 0 aromatic heterocycles. The van der Waals surface area contributed by atoms with Gasteiger partial charge in [0.25, 0.3) is 0 Å². The summed E-state index contributed by atoms with van der Waals surface area (Å²) < 4.78 is 0. The molecule has 100 valence electrons. The molecule has 1 rings (SSSR count). The van der Waals surface area contributed by atoms with E-state index in [0.717, 1.165) is 32.1 Å². The predicted molar refractivity (Wildman–Crippen MR) is 71.8 cm³/mol. The number of rotatable bonds is 5. The lowest BCUT2D eigenvalue weighted by atomic mass is 10.0. The lowest BCUT2D eigenvalue weighted by Gasteiger charge is -2.29. The summed E-state index contributed by atoms with van der Waals surface area (Å²) in [6.45, 7) is 2.13. The van der Waals surface area contributed by atoms with E-state index in [9.17, 15) is 4.79 Å². The van der Waals surface area contributed by atoms with Crippen LogP contribution in [0.15, 0.2) is 0 Å². The molecule has 0 aromatic carbocycles. The smallest absolute Gasteiger partial charge is 0.239 e. The van der Waals surface area contributed by atoms with Crippen LogP contribution in [-0.4, -0.2) is 29.9 Å². The highest BCUT2D eigenvalue weighted by molar-refractivity contribution is 5.81. The van der Waals surface area contributed by atoms with E-state index in [-0.39, 0.29) is 11.9 Å². The fraction of sp³-hybridized carbons (Fsp3) is 0.929. The summed E-state index contributed by atoms with van der Waals surface area (Å²) in [5.74, 6) is 0.144. The van der Waals surface area contributed by atoms with Gasteiger partial charge in [0, 0.05) is 13.1 Å². The van der Waals surface area contributed by atoms with Crippen molar-refractivity contribution in [2.24, 2.45) is 5.73 Å². The van der Waals surface area contributed by atoms with Crippen molar-refractivity contribution in [3.05, 3.63) is 0 Å². The van der Waals surface area contributed by atoms with Crippen LogP contribution in [0, 0.1) is 0 Å². The number of unbranched alkanes of at least 4 members (excludes halogenated alkanes) is 1. The van der Waals surface area contributed by atoms with E-state index >= 15 is 0 Å². The Balaban J connectivity index is 2.43. The van der Waals surface area contributed by atoms with Crippen molar-refractivity contribution in [1.29, 1.82) is 0 Å². The highest BCUT2D eigenvalue weighted by Gasteiger charge is 2.24. The number of nitrogens with zero attached hydrogens (tertiary/aromatic N) is 1. The van der Waals surface area contributed by atoms with E-state index in [1.54, 1.807) is 0 Å². The first-order valence-electron chi connectivity index (χ1n) is 7.19. The molecule has 1 fully saturated rings. The number of amides is 1. The van der Waals surface area contributed by atoms with Gasteiger partial charge in [-0.3, -0.25) is 4.79 Å². The molecule has 1 unspecified atom stereocenters. The Bertz CT molecular complexity index is 222. The summed E-state index contributed by atoms with van der Waals surface area (Å²) >= 11 is 0. The zero-order valence-electron chi connectivity index (χ0n) is 11.5. The standard InChI is InChI=1S/C14H28N2O/c1-3-4-11-13(15)14(17)16(2)12-9-7-5-6-8-10-12/h12-13H,3-11,15H2,1-2H3. The summed E-state index contributed by atoms with van der Waals surface area (Å²) in [4.78, 5) is 14.1. The van der Waals surface area contributed by atoms with Crippen LogP contribution in [0.1, 0.15) is 64.7 Å². The van der Waals surface area contributed by atoms with Crippen molar-refractivity contribution in [3.8, 4) is 0 Å². The van der Waals surface area contributed by atoms with Crippen LogP contribution in [0.2, 0.25) is 0 Å². The first-order chi connectivity index (χ1) is 8.16. The van der Waals surface area contributed by atoms with Crippen LogP contribution in [0.4, 0.5) is 0 Å².